The molecule has 0 saturated carbocycles. The average Bonchev–Trinajstić information content (AvgIpc) is 2.36. The molecule has 0 heterocycles. The maximum Gasteiger partial charge on any atom is 0.241 e. The van der Waals surface area contributed by atoms with Crippen LogP contribution in [0.2, 0.25) is 0 Å². The van der Waals surface area contributed by atoms with Gasteiger partial charge in [0, 0.05) is 18.1 Å². The Hall–Kier alpha value is -0.910. The molecule has 0 fully saturated rings. The van der Waals surface area contributed by atoms with Crippen LogP contribution in [-0.4, -0.2) is 20.0 Å². The van der Waals surface area contributed by atoms with E-state index >= 15 is 0 Å². The fourth-order valence-corrected chi connectivity index (χ4v) is 3.72. The van der Waals surface area contributed by atoms with E-state index in [0.29, 0.717) is 17.5 Å². The first-order valence-corrected chi connectivity index (χ1v) is 8.93. The van der Waals surface area contributed by atoms with Crippen molar-refractivity contribution in [3.8, 4) is 0 Å². The summed E-state index contributed by atoms with van der Waals surface area (Å²) >= 11 is 0. The second-order valence-corrected chi connectivity index (χ2v) is 8.07. The van der Waals surface area contributed by atoms with Crippen LogP contribution in [-0.2, 0) is 16.6 Å². The van der Waals surface area contributed by atoms with Crippen molar-refractivity contribution in [2.24, 2.45) is 0 Å². The van der Waals surface area contributed by atoms with E-state index in [-0.39, 0.29) is 0 Å². The molecular formula is C16H28N2O2S. The van der Waals surface area contributed by atoms with E-state index in [1.54, 1.807) is 12.1 Å². The molecule has 1 rings (SSSR count). The third-order valence-corrected chi connectivity index (χ3v) is 5.52. The molecule has 0 aliphatic rings. The molecule has 2 N–H and O–H groups in total. The molecule has 21 heavy (non-hydrogen) atoms. The summed E-state index contributed by atoms with van der Waals surface area (Å²) in [5.41, 5.74) is 1.38. The SMILES string of the molecule is CCC(C)(C)NS(=O)(=O)c1cccc(CNC(C)C)c1C. The Kier molecular flexibility index (Phi) is 5.96. The van der Waals surface area contributed by atoms with E-state index in [0.717, 1.165) is 17.5 Å². The van der Waals surface area contributed by atoms with Crippen molar-refractivity contribution < 1.29 is 8.42 Å². The third kappa shape index (κ3) is 5.09. The molecule has 0 spiro atoms. The topological polar surface area (TPSA) is 58.2 Å². The number of rotatable bonds is 7. The summed E-state index contributed by atoms with van der Waals surface area (Å²) in [5, 5.41) is 3.33. The Balaban J connectivity index is 3.11. The number of benzene rings is 1. The fourth-order valence-electron chi connectivity index (χ4n) is 1.95. The summed E-state index contributed by atoms with van der Waals surface area (Å²) < 4.78 is 28.0. The molecule has 0 aromatic heterocycles. The normalized spacial score (nSPS) is 12.9. The van der Waals surface area contributed by atoms with Crippen LogP contribution in [0.4, 0.5) is 0 Å². The zero-order valence-corrected chi connectivity index (χ0v) is 14.8. The first kappa shape index (κ1) is 18.1. The van der Waals surface area contributed by atoms with Crippen LogP contribution in [0.25, 0.3) is 0 Å². The number of nitrogens with one attached hydrogen (secondary N) is 2. The van der Waals surface area contributed by atoms with E-state index in [4.69, 9.17) is 0 Å². The van der Waals surface area contributed by atoms with Gasteiger partial charge in [-0.05, 0) is 44.4 Å². The molecule has 1 aromatic rings. The largest absolute Gasteiger partial charge is 0.310 e. The first-order chi connectivity index (χ1) is 9.59. The van der Waals surface area contributed by atoms with Crippen molar-refractivity contribution >= 4 is 10.0 Å². The molecule has 0 unspecified atom stereocenters. The lowest BCUT2D eigenvalue weighted by Gasteiger charge is -2.25. The van der Waals surface area contributed by atoms with Crippen LogP contribution >= 0.6 is 0 Å². The van der Waals surface area contributed by atoms with Crippen LogP contribution in [0.1, 0.15) is 52.2 Å². The van der Waals surface area contributed by atoms with Crippen molar-refractivity contribution in [3.05, 3.63) is 29.3 Å². The van der Waals surface area contributed by atoms with Crippen LogP contribution in [0.15, 0.2) is 23.1 Å². The molecule has 0 radical (unpaired) electrons. The minimum absolute atomic E-state index is 0.363. The van der Waals surface area contributed by atoms with Gasteiger partial charge in [0.2, 0.25) is 10.0 Å². The maximum absolute atomic E-state index is 12.6. The molecule has 0 aliphatic heterocycles. The quantitative estimate of drug-likeness (QED) is 0.814. The Bertz CT molecular complexity index is 578. The van der Waals surface area contributed by atoms with Gasteiger partial charge in [0.15, 0.2) is 0 Å². The molecule has 1 aromatic carbocycles. The molecule has 0 atom stereocenters. The number of hydrogen-bond acceptors (Lipinski definition) is 3. The van der Waals surface area contributed by atoms with E-state index in [1.165, 1.54) is 0 Å². The summed E-state index contributed by atoms with van der Waals surface area (Å²) in [6.07, 6.45) is 0.736. The molecule has 0 aliphatic carbocycles. The summed E-state index contributed by atoms with van der Waals surface area (Å²) in [6, 6.07) is 5.80. The van der Waals surface area contributed by atoms with Gasteiger partial charge in [0.1, 0.15) is 0 Å². The highest BCUT2D eigenvalue weighted by Crippen LogP contribution is 2.21. The van der Waals surface area contributed by atoms with Gasteiger partial charge in [-0.25, -0.2) is 13.1 Å². The predicted molar refractivity (Wildman–Crippen MR) is 87.8 cm³/mol. The Labute approximate surface area is 129 Å². The van der Waals surface area contributed by atoms with Gasteiger partial charge in [0.25, 0.3) is 0 Å². The van der Waals surface area contributed by atoms with E-state index in [9.17, 15) is 8.42 Å². The minimum Gasteiger partial charge on any atom is -0.310 e. The molecule has 0 bridgehead atoms. The van der Waals surface area contributed by atoms with Gasteiger partial charge in [-0.15, -0.1) is 0 Å². The van der Waals surface area contributed by atoms with Gasteiger partial charge >= 0.3 is 0 Å². The van der Waals surface area contributed by atoms with Gasteiger partial charge in [-0.2, -0.15) is 0 Å². The van der Waals surface area contributed by atoms with Crippen molar-refractivity contribution in [3.63, 3.8) is 0 Å². The molecule has 5 heteroatoms. The van der Waals surface area contributed by atoms with E-state index in [2.05, 4.69) is 23.9 Å². The van der Waals surface area contributed by atoms with Gasteiger partial charge in [0.05, 0.1) is 4.90 Å². The average molecular weight is 312 g/mol. The molecule has 0 amide bonds. The van der Waals surface area contributed by atoms with Crippen LogP contribution in [0, 0.1) is 6.92 Å². The zero-order chi connectivity index (χ0) is 16.3. The van der Waals surface area contributed by atoms with Gasteiger partial charge in [-0.3, -0.25) is 0 Å². The Morgan fingerprint density at radius 1 is 1.24 bits per heavy atom. The van der Waals surface area contributed by atoms with Crippen molar-refractivity contribution in [2.75, 3.05) is 0 Å². The van der Waals surface area contributed by atoms with Gasteiger partial charge in [-0.1, -0.05) is 32.9 Å². The molecule has 4 nitrogen and oxygen atoms in total. The Morgan fingerprint density at radius 2 is 1.86 bits per heavy atom. The summed E-state index contributed by atoms with van der Waals surface area (Å²) in [7, 11) is -3.50. The van der Waals surface area contributed by atoms with Crippen LogP contribution < -0.4 is 10.0 Å². The lowest BCUT2D eigenvalue weighted by atomic mass is 10.0. The molecular weight excluding hydrogens is 284 g/mol. The second-order valence-electron chi connectivity index (χ2n) is 6.42. The highest BCUT2D eigenvalue weighted by Gasteiger charge is 2.26. The lowest BCUT2D eigenvalue weighted by molar-refractivity contribution is 0.439. The predicted octanol–water partition coefficient (Wildman–Crippen LogP) is 2.96. The Morgan fingerprint density at radius 3 is 2.38 bits per heavy atom. The highest BCUT2D eigenvalue weighted by atomic mass is 32.2. The highest BCUT2D eigenvalue weighted by molar-refractivity contribution is 7.89. The van der Waals surface area contributed by atoms with Crippen LogP contribution in [0.5, 0.6) is 0 Å². The van der Waals surface area contributed by atoms with E-state index < -0.39 is 15.6 Å². The molecule has 120 valence electrons. The van der Waals surface area contributed by atoms with Crippen molar-refractivity contribution in [1.29, 1.82) is 0 Å². The number of sulfonamides is 1. The summed E-state index contributed by atoms with van der Waals surface area (Å²) in [4.78, 5) is 0.368. The fraction of sp³-hybridized carbons (Fsp3) is 0.625. The maximum atomic E-state index is 12.6. The minimum atomic E-state index is -3.50. The second kappa shape index (κ2) is 6.90. The third-order valence-electron chi connectivity index (χ3n) is 3.68. The van der Waals surface area contributed by atoms with Gasteiger partial charge < -0.3 is 5.32 Å². The lowest BCUT2D eigenvalue weighted by Crippen LogP contribution is -2.42. The smallest absolute Gasteiger partial charge is 0.241 e. The number of hydrogen-bond donors (Lipinski definition) is 2. The summed E-state index contributed by atoms with van der Waals surface area (Å²) in [5.74, 6) is 0. The zero-order valence-electron chi connectivity index (χ0n) is 13.9. The van der Waals surface area contributed by atoms with E-state index in [1.807, 2.05) is 33.8 Å². The molecule has 0 saturated heterocycles. The summed E-state index contributed by atoms with van der Waals surface area (Å²) in [6.45, 7) is 12.4. The standard InChI is InChI=1S/C16H28N2O2S/c1-7-16(5,6)18-21(19,20)15-10-8-9-14(13(15)4)11-17-12(2)3/h8-10,12,17-18H,7,11H2,1-6H3. The first-order valence-electron chi connectivity index (χ1n) is 7.45. The monoisotopic (exact) mass is 312 g/mol. The van der Waals surface area contributed by atoms with Crippen molar-refractivity contribution in [1.82, 2.24) is 10.0 Å². The van der Waals surface area contributed by atoms with Crippen LogP contribution in [0.3, 0.4) is 0 Å². The van der Waals surface area contributed by atoms with Crippen molar-refractivity contribution in [2.45, 2.75) is 71.0 Å².